The minimum atomic E-state index is -1.23. The summed E-state index contributed by atoms with van der Waals surface area (Å²) in [5, 5.41) is 8.94. The van der Waals surface area contributed by atoms with Crippen LogP contribution in [0.25, 0.3) is 0 Å². The van der Waals surface area contributed by atoms with E-state index in [1.54, 1.807) is 38.1 Å². The lowest BCUT2D eigenvalue weighted by Gasteiger charge is -2.31. The summed E-state index contributed by atoms with van der Waals surface area (Å²) >= 11 is 0. The first-order chi connectivity index (χ1) is 19.2. The molecule has 3 amide bonds. The van der Waals surface area contributed by atoms with E-state index >= 15 is 0 Å². The summed E-state index contributed by atoms with van der Waals surface area (Å²) in [6.07, 6.45) is 1.98. The van der Waals surface area contributed by atoms with Crippen molar-refractivity contribution < 1.29 is 27.7 Å². The average molecular weight is 545 g/mol. The Kier molecular flexibility index (Phi) is 8.80. The second-order valence-electron chi connectivity index (χ2n) is 8.94. The van der Waals surface area contributed by atoms with E-state index in [1.165, 1.54) is 48.5 Å². The first-order valence-electron chi connectivity index (χ1n) is 12.3. The second kappa shape index (κ2) is 12.6. The van der Waals surface area contributed by atoms with E-state index in [4.69, 9.17) is 4.52 Å². The highest BCUT2D eigenvalue weighted by Gasteiger charge is 2.33. The van der Waals surface area contributed by atoms with Crippen molar-refractivity contribution in [2.75, 3.05) is 10.2 Å². The molecule has 10 heteroatoms. The van der Waals surface area contributed by atoms with Crippen molar-refractivity contribution in [2.24, 2.45) is 0 Å². The van der Waals surface area contributed by atoms with Crippen LogP contribution in [0.15, 0.2) is 95.5 Å². The Bertz CT molecular complexity index is 1550. The van der Waals surface area contributed by atoms with Gasteiger partial charge < -0.3 is 15.2 Å². The fourth-order valence-electron chi connectivity index (χ4n) is 4.03. The lowest BCUT2D eigenvalue weighted by molar-refractivity contribution is -0.125. The predicted molar refractivity (Wildman–Crippen MR) is 145 cm³/mol. The Morgan fingerprint density at radius 1 is 0.925 bits per heavy atom. The van der Waals surface area contributed by atoms with Gasteiger partial charge in [-0.2, -0.15) is 0 Å². The summed E-state index contributed by atoms with van der Waals surface area (Å²) in [4.78, 5) is 40.9. The van der Waals surface area contributed by atoms with Crippen LogP contribution in [0.2, 0.25) is 0 Å². The van der Waals surface area contributed by atoms with Crippen LogP contribution < -0.4 is 15.5 Å². The van der Waals surface area contributed by atoms with Gasteiger partial charge in [-0.15, -0.1) is 0 Å². The minimum absolute atomic E-state index is 0.0576. The smallest absolute Gasteiger partial charge is 0.252 e. The van der Waals surface area contributed by atoms with Gasteiger partial charge in [0, 0.05) is 30.5 Å². The molecule has 8 nitrogen and oxygen atoms in total. The Morgan fingerprint density at radius 3 is 2.35 bits per heavy atom. The van der Waals surface area contributed by atoms with Gasteiger partial charge in [0.1, 0.15) is 23.4 Å². The number of rotatable bonds is 9. The number of aryl methyl sites for hydroxylation is 2. The van der Waals surface area contributed by atoms with Gasteiger partial charge in [-0.3, -0.25) is 19.3 Å². The van der Waals surface area contributed by atoms with Gasteiger partial charge >= 0.3 is 0 Å². The predicted octanol–water partition coefficient (Wildman–Crippen LogP) is 5.16. The number of halogens is 2. The molecule has 0 radical (unpaired) electrons. The molecule has 0 bridgehead atoms. The van der Waals surface area contributed by atoms with Crippen LogP contribution in [0.5, 0.6) is 0 Å². The summed E-state index contributed by atoms with van der Waals surface area (Å²) in [5.74, 6) is -2.35. The monoisotopic (exact) mass is 544 g/mol. The Morgan fingerprint density at radius 2 is 1.68 bits per heavy atom. The van der Waals surface area contributed by atoms with Gasteiger partial charge in [0.25, 0.3) is 5.91 Å². The van der Waals surface area contributed by atoms with Crippen molar-refractivity contribution in [3.05, 3.63) is 125 Å². The van der Waals surface area contributed by atoms with E-state index in [-0.39, 0.29) is 18.1 Å². The number of carbonyl (C=O) groups excluding carboxylic acids is 3. The number of carbonyl (C=O) groups is 3. The molecule has 1 atom stereocenters. The number of hydrogen-bond acceptors (Lipinski definition) is 5. The van der Waals surface area contributed by atoms with Crippen LogP contribution in [0, 0.1) is 25.5 Å². The van der Waals surface area contributed by atoms with Crippen molar-refractivity contribution in [1.29, 1.82) is 0 Å². The zero-order valence-corrected chi connectivity index (χ0v) is 21.7. The highest BCUT2D eigenvalue weighted by molar-refractivity contribution is 6.10. The summed E-state index contributed by atoms with van der Waals surface area (Å²) in [6, 6.07) is 18.1. The van der Waals surface area contributed by atoms with Crippen molar-refractivity contribution in [1.82, 2.24) is 10.5 Å². The highest BCUT2D eigenvalue weighted by Crippen LogP contribution is 2.31. The molecule has 0 saturated heterocycles. The molecule has 0 aliphatic rings. The molecule has 1 unspecified atom stereocenters. The Hall–Kier alpha value is -5.12. The fraction of sp³-hybridized carbons (Fsp3) is 0.133. The van der Waals surface area contributed by atoms with E-state index in [9.17, 15) is 23.2 Å². The highest BCUT2D eigenvalue weighted by atomic mass is 19.1. The van der Waals surface area contributed by atoms with Gasteiger partial charge in [0.2, 0.25) is 11.8 Å². The molecule has 0 fully saturated rings. The minimum Gasteiger partial charge on any atom is -0.360 e. The number of hydrogen-bond donors (Lipinski definition) is 2. The van der Waals surface area contributed by atoms with Crippen LogP contribution in [-0.4, -0.2) is 22.9 Å². The van der Waals surface area contributed by atoms with Crippen molar-refractivity contribution in [2.45, 2.75) is 26.4 Å². The van der Waals surface area contributed by atoms with Gasteiger partial charge in [-0.25, -0.2) is 8.78 Å². The number of nitrogens with zero attached hydrogens (tertiary/aromatic N) is 2. The van der Waals surface area contributed by atoms with E-state index < -0.39 is 35.4 Å². The lowest BCUT2D eigenvalue weighted by atomic mass is 9.98. The van der Waals surface area contributed by atoms with Crippen LogP contribution in [-0.2, 0) is 20.9 Å². The third-order valence-electron chi connectivity index (χ3n) is 5.95. The SMILES string of the molecule is Cc1cc(NC(=O)/C=C/C(=O)N(c2cccc(F)c2)C(C(=O)NCc2ccc(F)cc2)c2ccccc2C)no1. The molecule has 0 aliphatic heterocycles. The number of amides is 3. The topological polar surface area (TPSA) is 105 Å². The molecule has 2 N–H and O–H groups in total. The molecule has 40 heavy (non-hydrogen) atoms. The summed E-state index contributed by atoms with van der Waals surface area (Å²) in [5.41, 5.74) is 1.95. The molecule has 0 aliphatic carbocycles. The van der Waals surface area contributed by atoms with Crippen LogP contribution in [0.3, 0.4) is 0 Å². The standard InChI is InChI=1S/C30H26F2N4O4/c1-19-6-3-4-9-25(19)29(30(39)33-18-21-10-12-22(31)13-11-21)36(24-8-5-7-23(32)17-24)28(38)15-14-27(37)34-26-16-20(2)40-35-26/h3-17,29H,18H2,1-2H3,(H,33,39)(H,34,35,37)/b15-14+. The molecule has 4 rings (SSSR count). The fourth-order valence-corrected chi connectivity index (χ4v) is 4.03. The third kappa shape index (κ3) is 7.04. The summed E-state index contributed by atoms with van der Waals surface area (Å²) in [6.45, 7) is 3.50. The molecule has 4 aromatic rings. The third-order valence-corrected chi connectivity index (χ3v) is 5.95. The molecular weight excluding hydrogens is 518 g/mol. The number of benzene rings is 3. The summed E-state index contributed by atoms with van der Waals surface area (Å²) in [7, 11) is 0. The number of anilines is 2. The maximum absolute atomic E-state index is 14.3. The Labute approximate surface area is 229 Å². The average Bonchev–Trinajstić information content (AvgIpc) is 3.34. The first-order valence-corrected chi connectivity index (χ1v) is 12.3. The molecule has 1 aromatic heterocycles. The number of aromatic nitrogens is 1. The molecule has 0 spiro atoms. The van der Waals surface area contributed by atoms with Crippen molar-refractivity contribution >= 4 is 29.2 Å². The summed E-state index contributed by atoms with van der Waals surface area (Å²) < 4.78 is 32.6. The molecule has 204 valence electrons. The molecule has 0 saturated carbocycles. The van der Waals surface area contributed by atoms with E-state index in [0.717, 1.165) is 23.1 Å². The largest absolute Gasteiger partial charge is 0.360 e. The van der Waals surface area contributed by atoms with E-state index in [2.05, 4.69) is 15.8 Å². The maximum Gasteiger partial charge on any atom is 0.252 e. The van der Waals surface area contributed by atoms with Crippen molar-refractivity contribution in [3.63, 3.8) is 0 Å². The van der Waals surface area contributed by atoms with Crippen LogP contribution >= 0.6 is 0 Å². The van der Waals surface area contributed by atoms with Gasteiger partial charge in [0.15, 0.2) is 5.82 Å². The van der Waals surface area contributed by atoms with Gasteiger partial charge in [-0.1, -0.05) is 47.6 Å². The molecular formula is C30H26F2N4O4. The van der Waals surface area contributed by atoms with E-state index in [1.807, 2.05) is 0 Å². The number of nitrogens with one attached hydrogen (secondary N) is 2. The lowest BCUT2D eigenvalue weighted by Crippen LogP contribution is -2.43. The van der Waals surface area contributed by atoms with Gasteiger partial charge in [0.05, 0.1) is 0 Å². The first kappa shape index (κ1) is 27.9. The maximum atomic E-state index is 14.3. The molecule has 1 heterocycles. The van der Waals surface area contributed by atoms with Crippen molar-refractivity contribution in [3.8, 4) is 0 Å². The van der Waals surface area contributed by atoms with E-state index in [0.29, 0.717) is 22.5 Å². The Balaban J connectivity index is 1.69. The normalized spacial score (nSPS) is 11.7. The second-order valence-corrected chi connectivity index (χ2v) is 8.94. The van der Waals surface area contributed by atoms with Gasteiger partial charge in [-0.05, 0) is 60.9 Å². The quantitative estimate of drug-likeness (QED) is 0.284. The van der Waals surface area contributed by atoms with Crippen LogP contribution in [0.4, 0.5) is 20.3 Å². The zero-order chi connectivity index (χ0) is 28.6. The zero-order valence-electron chi connectivity index (χ0n) is 21.7. The molecule has 3 aromatic carbocycles. The van der Waals surface area contributed by atoms with Crippen LogP contribution in [0.1, 0.15) is 28.5 Å².